The minimum Gasteiger partial charge on any atom is -0.349 e. The van der Waals surface area contributed by atoms with Gasteiger partial charge in [-0.1, -0.05) is 18.2 Å². The minimum absolute atomic E-state index is 0.0363. The van der Waals surface area contributed by atoms with Crippen LogP contribution in [0.2, 0.25) is 0 Å². The van der Waals surface area contributed by atoms with Gasteiger partial charge in [0.15, 0.2) is 0 Å². The van der Waals surface area contributed by atoms with Crippen LogP contribution in [0.4, 0.5) is 11.6 Å². The largest absolute Gasteiger partial charge is 0.349 e. The number of hydrogen-bond donors (Lipinski definition) is 1. The Bertz CT molecular complexity index is 676. The molecular weight excluding hydrogens is 276 g/mol. The molecule has 1 aliphatic rings. The number of nitrogens with one attached hydrogen (secondary N) is 1. The van der Waals surface area contributed by atoms with Gasteiger partial charge in [-0.2, -0.15) is 0 Å². The minimum atomic E-state index is 0.0363. The van der Waals surface area contributed by atoms with Gasteiger partial charge in [0, 0.05) is 30.0 Å². The van der Waals surface area contributed by atoms with Crippen LogP contribution >= 0.6 is 0 Å². The van der Waals surface area contributed by atoms with Gasteiger partial charge >= 0.3 is 0 Å². The zero-order valence-electron chi connectivity index (χ0n) is 13.1. The van der Waals surface area contributed by atoms with Crippen LogP contribution in [-0.2, 0) is 4.79 Å². The monoisotopic (exact) mass is 296 g/mol. The van der Waals surface area contributed by atoms with E-state index in [2.05, 4.69) is 15.3 Å². The number of amides is 1. The number of aryl methyl sites for hydroxylation is 2. The average Bonchev–Trinajstić information content (AvgIpc) is 2.86. The van der Waals surface area contributed by atoms with Crippen LogP contribution in [0.25, 0.3) is 0 Å². The van der Waals surface area contributed by atoms with E-state index in [1.54, 1.807) is 0 Å². The molecule has 0 aliphatic carbocycles. The van der Waals surface area contributed by atoms with Gasteiger partial charge in [0.25, 0.3) is 0 Å². The van der Waals surface area contributed by atoms with Crippen molar-refractivity contribution in [3.05, 3.63) is 47.3 Å². The van der Waals surface area contributed by atoms with Gasteiger partial charge in [0.2, 0.25) is 11.9 Å². The highest BCUT2D eigenvalue weighted by Gasteiger charge is 2.31. The third kappa shape index (κ3) is 2.79. The van der Waals surface area contributed by atoms with Gasteiger partial charge in [-0.05, 0) is 38.5 Å². The second kappa shape index (κ2) is 5.75. The van der Waals surface area contributed by atoms with Gasteiger partial charge in [-0.25, -0.2) is 9.97 Å². The van der Waals surface area contributed by atoms with Crippen molar-refractivity contribution in [2.24, 2.45) is 0 Å². The van der Waals surface area contributed by atoms with Crippen molar-refractivity contribution < 1.29 is 4.79 Å². The van der Waals surface area contributed by atoms with E-state index >= 15 is 0 Å². The standard InChI is InChI=1S/C17H20N4O/c1-11-12(2)18-17(19-13(11)3)20-14-9-16(22)21(10-14)15-7-5-4-6-8-15/h4-8,14H,9-10H2,1-3H3,(H,18,19,20). The van der Waals surface area contributed by atoms with E-state index in [-0.39, 0.29) is 11.9 Å². The Balaban J connectivity index is 1.74. The molecule has 3 rings (SSSR count). The highest BCUT2D eigenvalue weighted by Crippen LogP contribution is 2.23. The average molecular weight is 296 g/mol. The van der Waals surface area contributed by atoms with Crippen LogP contribution < -0.4 is 10.2 Å². The molecule has 0 saturated carbocycles. The first-order valence-corrected chi connectivity index (χ1v) is 7.48. The van der Waals surface area contributed by atoms with E-state index in [0.717, 1.165) is 22.6 Å². The summed E-state index contributed by atoms with van der Waals surface area (Å²) in [7, 11) is 0. The highest BCUT2D eigenvalue weighted by molar-refractivity contribution is 5.96. The second-order valence-corrected chi connectivity index (χ2v) is 5.73. The molecule has 5 nitrogen and oxygen atoms in total. The Morgan fingerprint density at radius 3 is 2.36 bits per heavy atom. The molecule has 5 heteroatoms. The fourth-order valence-electron chi connectivity index (χ4n) is 2.68. The van der Waals surface area contributed by atoms with Crippen molar-refractivity contribution in [2.45, 2.75) is 33.2 Å². The Morgan fingerprint density at radius 1 is 1.09 bits per heavy atom. The third-order valence-electron chi connectivity index (χ3n) is 4.16. The highest BCUT2D eigenvalue weighted by atomic mass is 16.2. The lowest BCUT2D eigenvalue weighted by atomic mass is 10.2. The summed E-state index contributed by atoms with van der Waals surface area (Å²) in [4.78, 5) is 23.0. The lowest BCUT2D eigenvalue weighted by Crippen LogP contribution is -2.28. The maximum atomic E-state index is 12.2. The summed E-state index contributed by atoms with van der Waals surface area (Å²) in [6.45, 7) is 6.61. The van der Waals surface area contributed by atoms with Gasteiger partial charge < -0.3 is 10.2 Å². The Morgan fingerprint density at radius 2 is 1.73 bits per heavy atom. The molecule has 114 valence electrons. The molecule has 1 fully saturated rings. The number of rotatable bonds is 3. The number of para-hydroxylation sites is 1. The zero-order chi connectivity index (χ0) is 15.7. The van der Waals surface area contributed by atoms with E-state index < -0.39 is 0 Å². The topological polar surface area (TPSA) is 58.1 Å². The number of hydrogen-bond acceptors (Lipinski definition) is 4. The first kappa shape index (κ1) is 14.5. The maximum Gasteiger partial charge on any atom is 0.229 e. The summed E-state index contributed by atoms with van der Waals surface area (Å²) in [5.74, 6) is 0.734. The lowest BCUT2D eigenvalue weighted by Gasteiger charge is -2.17. The summed E-state index contributed by atoms with van der Waals surface area (Å²) in [6, 6.07) is 9.78. The number of aromatic nitrogens is 2. The molecule has 1 unspecified atom stereocenters. The van der Waals surface area contributed by atoms with Crippen molar-refractivity contribution in [3.8, 4) is 0 Å². The smallest absolute Gasteiger partial charge is 0.229 e. The number of carbonyl (C=O) groups excluding carboxylic acids is 1. The van der Waals surface area contributed by atoms with E-state index in [1.807, 2.05) is 56.0 Å². The molecule has 1 atom stereocenters. The van der Waals surface area contributed by atoms with Crippen LogP contribution in [0.15, 0.2) is 30.3 Å². The summed E-state index contributed by atoms with van der Waals surface area (Å²) >= 11 is 0. The van der Waals surface area contributed by atoms with Crippen molar-refractivity contribution in [1.29, 1.82) is 0 Å². The molecule has 0 radical (unpaired) electrons. The normalized spacial score (nSPS) is 17.9. The van der Waals surface area contributed by atoms with E-state index in [4.69, 9.17) is 0 Å². The molecule has 2 heterocycles. The first-order chi connectivity index (χ1) is 10.5. The van der Waals surface area contributed by atoms with Crippen LogP contribution in [0.3, 0.4) is 0 Å². The van der Waals surface area contributed by atoms with E-state index in [0.29, 0.717) is 18.9 Å². The Hall–Kier alpha value is -2.43. The predicted octanol–water partition coefficient (Wildman–Crippen LogP) is 2.62. The molecule has 1 aromatic heterocycles. The van der Waals surface area contributed by atoms with Crippen molar-refractivity contribution in [3.63, 3.8) is 0 Å². The number of benzene rings is 1. The van der Waals surface area contributed by atoms with Gasteiger partial charge in [0.05, 0.1) is 6.04 Å². The van der Waals surface area contributed by atoms with Crippen molar-refractivity contribution in [1.82, 2.24) is 9.97 Å². The molecule has 22 heavy (non-hydrogen) atoms. The zero-order valence-corrected chi connectivity index (χ0v) is 13.1. The van der Waals surface area contributed by atoms with Gasteiger partial charge in [0.1, 0.15) is 0 Å². The molecule has 1 aliphatic heterocycles. The molecule has 1 N–H and O–H groups in total. The van der Waals surface area contributed by atoms with Gasteiger partial charge in [-0.15, -0.1) is 0 Å². The fourth-order valence-corrected chi connectivity index (χ4v) is 2.68. The first-order valence-electron chi connectivity index (χ1n) is 7.48. The summed E-state index contributed by atoms with van der Waals surface area (Å²) in [5.41, 5.74) is 3.99. The number of nitrogens with zero attached hydrogens (tertiary/aromatic N) is 3. The molecule has 0 bridgehead atoms. The molecular formula is C17H20N4O. The summed E-state index contributed by atoms with van der Waals surface area (Å²) in [5, 5.41) is 3.30. The van der Waals surface area contributed by atoms with Gasteiger partial charge in [-0.3, -0.25) is 4.79 Å². The second-order valence-electron chi connectivity index (χ2n) is 5.73. The molecule has 1 aromatic carbocycles. The Kier molecular flexibility index (Phi) is 3.79. The molecule has 1 saturated heterocycles. The predicted molar refractivity (Wildman–Crippen MR) is 87.1 cm³/mol. The van der Waals surface area contributed by atoms with Crippen LogP contribution in [-0.4, -0.2) is 28.5 Å². The van der Waals surface area contributed by atoms with Crippen molar-refractivity contribution >= 4 is 17.5 Å². The molecule has 0 spiro atoms. The number of anilines is 2. The maximum absolute atomic E-state index is 12.2. The van der Waals surface area contributed by atoms with Crippen LogP contribution in [0, 0.1) is 20.8 Å². The van der Waals surface area contributed by atoms with Crippen molar-refractivity contribution in [2.75, 3.05) is 16.8 Å². The Labute approximate surface area is 130 Å². The third-order valence-corrected chi connectivity index (χ3v) is 4.16. The SMILES string of the molecule is Cc1nc(NC2CC(=O)N(c3ccccc3)C2)nc(C)c1C. The fraction of sp³-hybridized carbons (Fsp3) is 0.353. The summed E-state index contributed by atoms with van der Waals surface area (Å²) in [6.07, 6.45) is 0.463. The van der Waals surface area contributed by atoms with Crippen LogP contribution in [0.1, 0.15) is 23.4 Å². The van der Waals surface area contributed by atoms with E-state index in [1.165, 1.54) is 0 Å². The quantitative estimate of drug-likeness (QED) is 0.946. The van der Waals surface area contributed by atoms with E-state index in [9.17, 15) is 4.79 Å². The lowest BCUT2D eigenvalue weighted by molar-refractivity contribution is -0.117. The molecule has 1 amide bonds. The van der Waals surface area contributed by atoms with Crippen LogP contribution in [0.5, 0.6) is 0 Å². The number of carbonyl (C=O) groups is 1. The summed E-state index contributed by atoms with van der Waals surface area (Å²) < 4.78 is 0. The molecule has 2 aromatic rings.